The van der Waals surface area contributed by atoms with E-state index in [0.717, 1.165) is 6.54 Å². The third kappa shape index (κ3) is 1.27. The Morgan fingerprint density at radius 2 is 2.30 bits per heavy atom. The Kier molecular flexibility index (Phi) is 2.27. The molecule has 1 nitrogen and oxygen atoms in total. The molecule has 0 unspecified atom stereocenters. The van der Waals surface area contributed by atoms with Gasteiger partial charge < -0.3 is 4.47 Å². The number of nitrogens with zero attached hydrogens (tertiary/aromatic N) is 1. The Morgan fingerprint density at radius 1 is 1.50 bits per heavy atom. The Labute approximate surface area is 61.8 Å². The lowest BCUT2D eigenvalue weighted by Crippen LogP contribution is -2.05. The van der Waals surface area contributed by atoms with Gasteiger partial charge in [0.2, 0.25) is 0 Å². The van der Waals surface area contributed by atoms with Gasteiger partial charge in [0.05, 0.1) is 0 Å². The quantitative estimate of drug-likeness (QED) is 0.552. The van der Waals surface area contributed by atoms with Crippen molar-refractivity contribution in [3.8, 4) is 0 Å². The molecular weight excluding hydrogens is 121 g/mol. The maximum Gasteiger partial charge on any atom is -0.00310 e. The fourth-order valence-electron chi connectivity index (χ4n) is 1.03. The average Bonchev–Trinajstić information content (AvgIpc) is 2.36. The normalized spacial score (nSPS) is 9.20. The third-order valence-electron chi connectivity index (χ3n) is 1.55. The molecule has 0 bridgehead atoms. The van der Waals surface area contributed by atoms with E-state index in [2.05, 4.69) is 23.6 Å². The van der Waals surface area contributed by atoms with E-state index < -0.39 is 0 Å². The lowest BCUT2D eigenvalue weighted by Gasteiger charge is -2.12. The van der Waals surface area contributed by atoms with Crippen LogP contribution in [0, 0.1) is 0 Å². The summed E-state index contributed by atoms with van der Waals surface area (Å²) in [7, 11) is 0. The summed E-state index contributed by atoms with van der Waals surface area (Å²) in [4.78, 5) is 0. The van der Waals surface area contributed by atoms with Crippen molar-refractivity contribution in [3.05, 3.63) is 37.5 Å². The Hall–Kier alpha value is -1.05. The van der Waals surface area contributed by atoms with Gasteiger partial charge >= 0.3 is 0 Å². The highest BCUT2D eigenvalue weighted by molar-refractivity contribution is 6.62. The highest BCUT2D eigenvalue weighted by atomic mass is 14.9. The second-order valence-electron chi connectivity index (χ2n) is 2.25. The van der Waals surface area contributed by atoms with E-state index in [1.165, 1.54) is 0 Å². The largest absolute Gasteiger partial charge is 0.558 e. The minimum atomic E-state index is 0.373. The summed E-state index contributed by atoms with van der Waals surface area (Å²) in [6.45, 7) is 8.66. The van der Waals surface area contributed by atoms with Gasteiger partial charge in [-0.1, -0.05) is 12.1 Å². The summed E-state index contributed by atoms with van der Waals surface area (Å²) in [5, 5.41) is 0. The molecule has 0 saturated carbocycles. The SMILES string of the molecule is C=CCn1ccc[b-]1C=C. The first-order valence-corrected chi connectivity index (χ1v) is 3.39. The van der Waals surface area contributed by atoms with Crippen molar-refractivity contribution >= 4 is 12.5 Å². The second kappa shape index (κ2) is 3.21. The maximum atomic E-state index is 3.73. The van der Waals surface area contributed by atoms with Crippen LogP contribution in [0.15, 0.2) is 37.5 Å². The molecule has 1 rings (SSSR count). The molecule has 0 spiro atoms. The number of aromatic nitrogens is 1. The number of rotatable bonds is 3. The fraction of sp³-hybridized carbons (Fsp3) is 0.125. The van der Waals surface area contributed by atoms with Crippen LogP contribution < -0.4 is 0 Å². The molecule has 1 aromatic rings. The molecule has 1 aromatic heterocycles. The molecule has 2 heteroatoms. The van der Waals surface area contributed by atoms with Crippen molar-refractivity contribution in [1.29, 1.82) is 0 Å². The Balaban J connectivity index is 2.89. The maximum absolute atomic E-state index is 3.73. The summed E-state index contributed by atoms with van der Waals surface area (Å²) < 4.78 is 2.17. The first-order chi connectivity index (χ1) is 4.88. The first kappa shape index (κ1) is 7.07. The summed E-state index contributed by atoms with van der Waals surface area (Å²) in [6, 6.07) is 2.04. The molecule has 0 N–H and O–H groups in total. The molecule has 0 atom stereocenters. The van der Waals surface area contributed by atoms with Gasteiger partial charge in [-0.05, 0) is 19.2 Å². The van der Waals surface area contributed by atoms with Crippen LogP contribution in [-0.4, -0.2) is 11.0 Å². The summed E-state index contributed by atoms with van der Waals surface area (Å²) in [6.07, 6.45) is 3.94. The van der Waals surface area contributed by atoms with E-state index in [0.29, 0.717) is 6.49 Å². The fourth-order valence-corrected chi connectivity index (χ4v) is 1.03. The van der Waals surface area contributed by atoms with Gasteiger partial charge in [-0.25, -0.2) is 11.9 Å². The highest BCUT2D eigenvalue weighted by Crippen LogP contribution is 1.91. The van der Waals surface area contributed by atoms with Crippen LogP contribution >= 0.6 is 0 Å². The van der Waals surface area contributed by atoms with Gasteiger partial charge in [0, 0.05) is 0 Å². The summed E-state index contributed by atoms with van der Waals surface area (Å²) in [5.41, 5.74) is 0. The zero-order chi connectivity index (χ0) is 7.40. The zero-order valence-corrected chi connectivity index (χ0v) is 6.03. The van der Waals surface area contributed by atoms with E-state index in [1.54, 1.807) is 0 Å². The van der Waals surface area contributed by atoms with Gasteiger partial charge in [0.1, 0.15) is 0 Å². The Morgan fingerprint density at radius 3 is 2.90 bits per heavy atom. The van der Waals surface area contributed by atoms with E-state index in [9.17, 15) is 0 Å². The third-order valence-corrected chi connectivity index (χ3v) is 1.55. The van der Waals surface area contributed by atoms with Gasteiger partial charge in [-0.3, -0.25) is 0 Å². The monoisotopic (exact) mass is 132 g/mol. The molecule has 0 aromatic carbocycles. The summed E-state index contributed by atoms with van der Waals surface area (Å²) >= 11 is 0. The van der Waals surface area contributed by atoms with E-state index in [1.807, 2.05) is 24.3 Å². The van der Waals surface area contributed by atoms with Crippen molar-refractivity contribution in [2.45, 2.75) is 6.54 Å². The molecule has 10 heavy (non-hydrogen) atoms. The van der Waals surface area contributed by atoms with Gasteiger partial charge in [0.15, 0.2) is 0 Å². The molecule has 1 heterocycles. The predicted octanol–water partition coefficient (Wildman–Crippen LogP) is 1.80. The first-order valence-electron chi connectivity index (χ1n) is 3.39. The van der Waals surface area contributed by atoms with Gasteiger partial charge in [-0.15, -0.1) is 13.2 Å². The van der Waals surface area contributed by atoms with Gasteiger partial charge in [-0.2, -0.15) is 0 Å². The number of hydrogen-bond donors (Lipinski definition) is 0. The van der Waals surface area contributed by atoms with Crippen molar-refractivity contribution in [3.63, 3.8) is 0 Å². The van der Waals surface area contributed by atoms with Crippen molar-refractivity contribution in [2.75, 3.05) is 0 Å². The van der Waals surface area contributed by atoms with Crippen LogP contribution in [0.25, 0.3) is 5.98 Å². The molecule has 0 aliphatic heterocycles. The standard InChI is InChI=1S/C8H11BN/c1-3-7-10-8-5-6-9(10)4-2/h3-6,8H,1-2,7H2/q-1. The molecule has 0 radical (unpaired) electrons. The van der Waals surface area contributed by atoms with Crippen molar-refractivity contribution in [2.24, 2.45) is 0 Å². The van der Waals surface area contributed by atoms with E-state index in [4.69, 9.17) is 0 Å². The number of allylic oxidation sites excluding steroid dienone is 1. The lowest BCUT2D eigenvalue weighted by atomic mass is 9.78. The molecule has 0 fully saturated rings. The van der Waals surface area contributed by atoms with Crippen LogP contribution in [-0.2, 0) is 6.54 Å². The van der Waals surface area contributed by atoms with Crippen LogP contribution in [0.2, 0.25) is 0 Å². The average molecular weight is 132 g/mol. The van der Waals surface area contributed by atoms with Crippen LogP contribution in [0.1, 0.15) is 0 Å². The molecule has 0 saturated heterocycles. The molecule has 0 aliphatic carbocycles. The highest BCUT2D eigenvalue weighted by Gasteiger charge is 1.79. The van der Waals surface area contributed by atoms with E-state index >= 15 is 0 Å². The van der Waals surface area contributed by atoms with E-state index in [-0.39, 0.29) is 0 Å². The second-order valence-corrected chi connectivity index (χ2v) is 2.25. The van der Waals surface area contributed by atoms with Crippen molar-refractivity contribution in [1.82, 2.24) is 4.47 Å². The van der Waals surface area contributed by atoms with Crippen molar-refractivity contribution < 1.29 is 0 Å². The smallest absolute Gasteiger partial charge is 0.00310 e. The molecule has 52 valence electrons. The van der Waals surface area contributed by atoms with Gasteiger partial charge in [0.25, 0.3) is 0 Å². The minimum absolute atomic E-state index is 0.373. The predicted molar refractivity (Wildman–Crippen MR) is 47.0 cm³/mol. The van der Waals surface area contributed by atoms with Crippen LogP contribution in [0.4, 0.5) is 0 Å². The van der Waals surface area contributed by atoms with Crippen LogP contribution in [0.3, 0.4) is 0 Å². The zero-order valence-electron chi connectivity index (χ0n) is 6.03. The summed E-state index contributed by atoms with van der Waals surface area (Å²) in [5.74, 6) is 4.03. The number of hydrogen-bond acceptors (Lipinski definition) is 0. The minimum Gasteiger partial charge on any atom is -0.558 e. The Bertz CT molecular complexity index is 237. The lowest BCUT2D eigenvalue weighted by molar-refractivity contribution is 0.899. The van der Waals surface area contributed by atoms with Crippen LogP contribution in [0.5, 0.6) is 0 Å². The molecule has 0 amide bonds. The molecular formula is C8H11BN-. The topological polar surface area (TPSA) is 4.93 Å². The molecule has 0 aliphatic rings.